The van der Waals surface area contributed by atoms with Gasteiger partial charge in [-0.2, -0.15) is 0 Å². The van der Waals surface area contributed by atoms with Crippen LogP contribution in [0.25, 0.3) is 0 Å². The van der Waals surface area contributed by atoms with Crippen molar-refractivity contribution in [2.45, 2.75) is 51.9 Å². The number of hydrogen-bond donors (Lipinski definition) is 2. The number of piperidine rings is 1. The predicted octanol–water partition coefficient (Wildman–Crippen LogP) is 3.58. The second-order valence-electron chi connectivity index (χ2n) is 7.68. The number of benzene rings is 1. The van der Waals surface area contributed by atoms with Crippen LogP contribution in [-0.4, -0.2) is 69.4 Å². The van der Waals surface area contributed by atoms with Crippen molar-refractivity contribution in [3.63, 3.8) is 0 Å². The molecule has 0 saturated carbocycles. The second kappa shape index (κ2) is 14.9. The predicted molar refractivity (Wildman–Crippen MR) is 131 cm³/mol. The van der Waals surface area contributed by atoms with E-state index in [4.69, 9.17) is 14.5 Å². The van der Waals surface area contributed by atoms with Gasteiger partial charge in [-0.1, -0.05) is 12.1 Å². The molecule has 2 N–H and O–H groups in total. The molecule has 2 rings (SSSR count). The van der Waals surface area contributed by atoms with Crippen LogP contribution < -0.4 is 10.6 Å². The minimum Gasteiger partial charge on any atom is -0.377 e. The lowest BCUT2D eigenvalue weighted by Crippen LogP contribution is -2.49. The number of nitrogens with zero attached hydrogens (tertiary/aromatic N) is 2. The highest BCUT2D eigenvalue weighted by atomic mass is 127. The largest absolute Gasteiger partial charge is 0.377 e. The minimum absolute atomic E-state index is 0. The maximum atomic E-state index is 13.2. The Bertz CT molecular complexity index is 608. The highest BCUT2D eigenvalue weighted by Gasteiger charge is 2.20. The van der Waals surface area contributed by atoms with E-state index in [1.165, 1.54) is 12.1 Å². The Morgan fingerprint density at radius 1 is 1.23 bits per heavy atom. The molecular weight excluding hydrogens is 498 g/mol. The smallest absolute Gasteiger partial charge is 0.191 e. The van der Waals surface area contributed by atoms with Crippen LogP contribution in [-0.2, 0) is 9.47 Å². The molecule has 1 aliphatic heterocycles. The first-order valence-corrected chi connectivity index (χ1v) is 10.7. The first-order chi connectivity index (χ1) is 14.0. The molecule has 1 atom stereocenters. The van der Waals surface area contributed by atoms with Gasteiger partial charge in [0.15, 0.2) is 5.96 Å². The number of guanidine groups is 1. The Hall–Kier alpha value is -0.970. The molecule has 172 valence electrons. The summed E-state index contributed by atoms with van der Waals surface area (Å²) in [6, 6.07) is 6.81. The van der Waals surface area contributed by atoms with Crippen molar-refractivity contribution in [3.8, 4) is 0 Å². The van der Waals surface area contributed by atoms with Crippen molar-refractivity contribution in [1.82, 2.24) is 15.5 Å². The number of likely N-dealkylation sites (tertiary alicyclic amines) is 1. The molecule has 0 bridgehead atoms. The van der Waals surface area contributed by atoms with Gasteiger partial charge >= 0.3 is 0 Å². The van der Waals surface area contributed by atoms with Gasteiger partial charge in [0.05, 0.1) is 19.3 Å². The second-order valence-corrected chi connectivity index (χ2v) is 7.68. The summed E-state index contributed by atoms with van der Waals surface area (Å²) in [6.45, 7) is 11.4. The van der Waals surface area contributed by atoms with Crippen molar-refractivity contribution in [3.05, 3.63) is 35.6 Å². The van der Waals surface area contributed by atoms with Gasteiger partial charge < -0.3 is 25.0 Å². The Morgan fingerprint density at radius 3 is 2.47 bits per heavy atom. The third kappa shape index (κ3) is 9.89. The van der Waals surface area contributed by atoms with Crippen molar-refractivity contribution in [1.29, 1.82) is 0 Å². The summed E-state index contributed by atoms with van der Waals surface area (Å²) in [5.74, 6) is 0.558. The zero-order valence-corrected chi connectivity index (χ0v) is 21.0. The van der Waals surface area contributed by atoms with E-state index in [0.29, 0.717) is 18.7 Å². The molecule has 1 aliphatic rings. The molecule has 0 amide bonds. The summed E-state index contributed by atoms with van der Waals surface area (Å²) in [4.78, 5) is 7.17. The topological polar surface area (TPSA) is 58.1 Å². The van der Waals surface area contributed by atoms with Gasteiger partial charge in [-0.3, -0.25) is 4.99 Å². The van der Waals surface area contributed by atoms with E-state index in [1.54, 1.807) is 19.2 Å². The third-order valence-electron chi connectivity index (χ3n) is 5.07. The normalized spacial score (nSPS) is 16.9. The number of halogens is 2. The number of rotatable bonds is 10. The quantitative estimate of drug-likeness (QED) is 0.272. The van der Waals surface area contributed by atoms with Gasteiger partial charge in [0, 0.05) is 39.3 Å². The van der Waals surface area contributed by atoms with Crippen LogP contribution in [0.5, 0.6) is 0 Å². The fraction of sp³-hybridized carbons (Fsp3) is 0.682. The summed E-state index contributed by atoms with van der Waals surface area (Å²) in [6.07, 6.45) is 2.25. The minimum atomic E-state index is -0.246. The van der Waals surface area contributed by atoms with Crippen molar-refractivity contribution >= 4 is 29.9 Å². The summed E-state index contributed by atoms with van der Waals surface area (Å²) >= 11 is 0. The van der Waals surface area contributed by atoms with Crippen LogP contribution in [0.4, 0.5) is 4.39 Å². The van der Waals surface area contributed by atoms with E-state index in [-0.39, 0.29) is 35.9 Å². The van der Waals surface area contributed by atoms with Gasteiger partial charge in [-0.05, 0) is 51.3 Å². The highest BCUT2D eigenvalue weighted by Crippen LogP contribution is 2.17. The van der Waals surface area contributed by atoms with Crippen molar-refractivity contribution < 1.29 is 13.9 Å². The van der Waals surface area contributed by atoms with E-state index in [0.717, 1.165) is 57.2 Å². The molecule has 0 aromatic heterocycles. The van der Waals surface area contributed by atoms with Crippen LogP contribution in [0.3, 0.4) is 0 Å². The Kier molecular flexibility index (Phi) is 13.5. The molecular formula is C22H38FIN4O2. The van der Waals surface area contributed by atoms with Crippen LogP contribution in [0.1, 0.15) is 45.3 Å². The zero-order valence-electron chi connectivity index (χ0n) is 18.7. The molecule has 1 aromatic carbocycles. The van der Waals surface area contributed by atoms with E-state index < -0.39 is 0 Å². The molecule has 1 unspecified atom stereocenters. The number of ether oxygens (including phenoxy) is 2. The highest BCUT2D eigenvalue weighted by molar-refractivity contribution is 14.0. The van der Waals surface area contributed by atoms with E-state index >= 15 is 0 Å². The van der Waals surface area contributed by atoms with Crippen LogP contribution in [0, 0.1) is 5.82 Å². The summed E-state index contributed by atoms with van der Waals surface area (Å²) in [7, 11) is 1.66. The van der Waals surface area contributed by atoms with Gasteiger partial charge in [0.2, 0.25) is 0 Å². The molecule has 1 aromatic rings. The molecule has 0 radical (unpaired) electrons. The molecule has 8 heteroatoms. The van der Waals surface area contributed by atoms with Crippen LogP contribution >= 0.6 is 24.0 Å². The molecule has 0 spiro atoms. The monoisotopic (exact) mass is 536 g/mol. The molecule has 1 fully saturated rings. The standard InChI is InChI=1S/C22H37FN4O2.HI/c1-5-24-22(25-16-21(28-4)18-6-8-19(23)9-7-18)26-20-10-12-27(13-11-20)14-15-29-17(2)3;/h6-9,17,20-21H,5,10-16H2,1-4H3,(H2,24,25,26);1H. The zero-order chi connectivity index (χ0) is 21.1. The van der Waals surface area contributed by atoms with Gasteiger partial charge in [-0.15, -0.1) is 24.0 Å². The van der Waals surface area contributed by atoms with Crippen molar-refractivity contribution in [2.24, 2.45) is 4.99 Å². The lowest BCUT2D eigenvalue weighted by Gasteiger charge is -2.33. The van der Waals surface area contributed by atoms with E-state index in [2.05, 4.69) is 36.3 Å². The fourth-order valence-corrected chi connectivity index (χ4v) is 3.40. The average molecular weight is 536 g/mol. The summed E-state index contributed by atoms with van der Waals surface area (Å²) in [5.41, 5.74) is 0.922. The SMILES string of the molecule is CCNC(=NCC(OC)c1ccc(F)cc1)NC1CCN(CCOC(C)C)CC1.I. The van der Waals surface area contributed by atoms with Gasteiger partial charge in [-0.25, -0.2) is 4.39 Å². The number of aliphatic imine (C=N–C) groups is 1. The first kappa shape index (κ1) is 27.1. The van der Waals surface area contributed by atoms with E-state index in [9.17, 15) is 4.39 Å². The van der Waals surface area contributed by atoms with Gasteiger partial charge in [0.25, 0.3) is 0 Å². The Labute approximate surface area is 198 Å². The fourth-order valence-electron chi connectivity index (χ4n) is 3.40. The number of hydrogen-bond acceptors (Lipinski definition) is 4. The lowest BCUT2D eigenvalue weighted by molar-refractivity contribution is 0.0532. The number of methoxy groups -OCH3 is 1. The van der Waals surface area contributed by atoms with E-state index in [1.807, 2.05) is 0 Å². The molecule has 1 saturated heterocycles. The lowest BCUT2D eigenvalue weighted by atomic mass is 10.1. The maximum Gasteiger partial charge on any atom is 0.191 e. The average Bonchev–Trinajstić information content (AvgIpc) is 2.71. The molecule has 30 heavy (non-hydrogen) atoms. The molecule has 6 nitrogen and oxygen atoms in total. The Morgan fingerprint density at radius 2 is 1.90 bits per heavy atom. The third-order valence-corrected chi connectivity index (χ3v) is 5.07. The van der Waals surface area contributed by atoms with Crippen LogP contribution in [0.15, 0.2) is 29.3 Å². The molecule has 1 heterocycles. The van der Waals surface area contributed by atoms with Crippen LogP contribution in [0.2, 0.25) is 0 Å². The number of nitrogens with one attached hydrogen (secondary N) is 2. The molecule has 0 aliphatic carbocycles. The maximum absolute atomic E-state index is 13.2. The van der Waals surface area contributed by atoms with Gasteiger partial charge in [0.1, 0.15) is 11.9 Å². The first-order valence-electron chi connectivity index (χ1n) is 10.7. The summed E-state index contributed by atoms with van der Waals surface area (Å²) in [5, 5.41) is 6.87. The Balaban J connectivity index is 0.00000450. The summed E-state index contributed by atoms with van der Waals surface area (Å²) < 4.78 is 24.4. The van der Waals surface area contributed by atoms with Crippen molar-refractivity contribution in [2.75, 3.05) is 46.4 Å².